The first-order chi connectivity index (χ1) is 15.5. The average Bonchev–Trinajstić information content (AvgIpc) is 2.98. The Morgan fingerprint density at radius 2 is 2.16 bits per heavy atom. The molecule has 7 heteroatoms. The number of nitrogens with one attached hydrogen (secondary N) is 1. The molecule has 1 aliphatic rings. The van der Waals surface area contributed by atoms with E-state index < -0.39 is 6.04 Å². The van der Waals surface area contributed by atoms with Crippen LogP contribution >= 0.6 is 11.8 Å². The summed E-state index contributed by atoms with van der Waals surface area (Å²) >= 11 is 1.51. The van der Waals surface area contributed by atoms with Gasteiger partial charge in [0.2, 0.25) is 11.8 Å². The first-order valence-corrected chi connectivity index (χ1v) is 12.1. The van der Waals surface area contributed by atoms with Crippen molar-refractivity contribution in [2.24, 2.45) is 7.05 Å². The second-order valence-electron chi connectivity index (χ2n) is 7.73. The number of benzene rings is 1. The molecule has 0 saturated heterocycles. The molecule has 1 unspecified atom stereocenters. The van der Waals surface area contributed by atoms with Gasteiger partial charge >= 0.3 is 0 Å². The van der Waals surface area contributed by atoms with Gasteiger partial charge < -0.3 is 19.5 Å². The van der Waals surface area contributed by atoms with E-state index in [9.17, 15) is 9.59 Å². The van der Waals surface area contributed by atoms with Gasteiger partial charge in [0.15, 0.2) is 0 Å². The maximum atomic E-state index is 13.5. The Hall–Kier alpha value is -2.51. The van der Waals surface area contributed by atoms with Crippen molar-refractivity contribution in [3.63, 3.8) is 0 Å². The number of carbonyl (C=O) groups is 2. The third-order valence-corrected chi connectivity index (χ3v) is 6.98. The summed E-state index contributed by atoms with van der Waals surface area (Å²) in [6.45, 7) is 10.0. The van der Waals surface area contributed by atoms with Crippen molar-refractivity contribution in [1.82, 2.24) is 14.8 Å². The molecule has 0 radical (unpaired) electrons. The number of fused-ring (bicyclic) bond motifs is 3. The summed E-state index contributed by atoms with van der Waals surface area (Å²) in [4.78, 5) is 28.5. The summed E-state index contributed by atoms with van der Waals surface area (Å²) < 4.78 is 7.49. The number of aryl methyl sites for hydroxylation is 1. The maximum absolute atomic E-state index is 13.5. The Kier molecular flexibility index (Phi) is 8.59. The molecule has 6 nitrogen and oxygen atoms in total. The van der Waals surface area contributed by atoms with Crippen LogP contribution in [0.5, 0.6) is 0 Å². The highest BCUT2D eigenvalue weighted by Gasteiger charge is 2.38. The van der Waals surface area contributed by atoms with E-state index in [4.69, 9.17) is 4.74 Å². The molecule has 1 atom stereocenters. The Balaban J connectivity index is 1.99. The normalized spacial score (nSPS) is 16.7. The van der Waals surface area contributed by atoms with E-state index >= 15 is 0 Å². The van der Waals surface area contributed by atoms with Crippen molar-refractivity contribution in [2.45, 2.75) is 37.8 Å². The molecule has 0 aliphatic carbocycles. The zero-order valence-electron chi connectivity index (χ0n) is 19.2. The first kappa shape index (κ1) is 24.1. The van der Waals surface area contributed by atoms with Crippen molar-refractivity contribution < 1.29 is 14.3 Å². The maximum Gasteiger partial charge on any atom is 0.247 e. The highest BCUT2D eigenvalue weighted by Crippen LogP contribution is 2.41. The van der Waals surface area contributed by atoms with Crippen molar-refractivity contribution in [3.8, 4) is 0 Å². The minimum absolute atomic E-state index is 0.0238. The number of carbonyl (C=O) groups excluding carboxylic acids is 2. The molecule has 0 spiro atoms. The van der Waals surface area contributed by atoms with E-state index in [2.05, 4.69) is 22.5 Å². The average molecular weight is 456 g/mol. The molecule has 3 rings (SSSR count). The van der Waals surface area contributed by atoms with Gasteiger partial charge in [-0.05, 0) is 32.8 Å². The van der Waals surface area contributed by atoms with Gasteiger partial charge in [-0.1, -0.05) is 54.3 Å². The van der Waals surface area contributed by atoms with Crippen LogP contribution in [0.25, 0.3) is 10.9 Å². The van der Waals surface area contributed by atoms with Crippen LogP contribution in [0.4, 0.5) is 0 Å². The summed E-state index contributed by atoms with van der Waals surface area (Å²) in [5.74, 6) is 0.143. The van der Waals surface area contributed by atoms with Gasteiger partial charge in [-0.25, -0.2) is 0 Å². The van der Waals surface area contributed by atoms with Crippen LogP contribution in [0.1, 0.15) is 38.3 Å². The van der Waals surface area contributed by atoms with Gasteiger partial charge in [-0.3, -0.25) is 9.59 Å². The number of para-hydroxylation sites is 1. The quantitative estimate of drug-likeness (QED) is 0.430. The van der Waals surface area contributed by atoms with Crippen LogP contribution < -0.4 is 5.32 Å². The van der Waals surface area contributed by atoms with E-state index in [0.717, 1.165) is 33.5 Å². The Morgan fingerprint density at radius 1 is 1.38 bits per heavy atom. The van der Waals surface area contributed by atoms with Crippen LogP contribution in [0.2, 0.25) is 0 Å². The van der Waals surface area contributed by atoms with Crippen molar-refractivity contribution in [1.29, 1.82) is 0 Å². The smallest absolute Gasteiger partial charge is 0.247 e. The van der Waals surface area contributed by atoms with Gasteiger partial charge in [-0.15, -0.1) is 0 Å². The molecule has 0 saturated carbocycles. The predicted octanol–water partition coefficient (Wildman–Crippen LogP) is 4.22. The lowest BCUT2D eigenvalue weighted by atomic mass is 10.0. The number of aromatic nitrogens is 1. The Labute approximate surface area is 194 Å². The molecule has 0 fully saturated rings. The summed E-state index contributed by atoms with van der Waals surface area (Å²) in [6, 6.07) is 7.41. The van der Waals surface area contributed by atoms with Crippen molar-refractivity contribution >= 4 is 34.5 Å². The minimum atomic E-state index is -0.673. The zero-order chi connectivity index (χ0) is 23.1. The number of rotatable bonds is 10. The van der Waals surface area contributed by atoms with E-state index in [-0.39, 0.29) is 11.8 Å². The molecular formula is C25H33N3O3S. The van der Waals surface area contributed by atoms with E-state index in [1.807, 2.05) is 51.2 Å². The second kappa shape index (κ2) is 11.4. The summed E-state index contributed by atoms with van der Waals surface area (Å²) in [7, 11) is 2.00. The third-order valence-electron chi connectivity index (χ3n) is 5.82. The largest absolute Gasteiger partial charge is 0.382 e. The van der Waals surface area contributed by atoms with Gasteiger partial charge in [0.1, 0.15) is 6.04 Å². The first-order valence-electron chi connectivity index (χ1n) is 11.2. The van der Waals surface area contributed by atoms with Gasteiger partial charge in [0.05, 0.1) is 10.8 Å². The third kappa shape index (κ3) is 5.10. The summed E-state index contributed by atoms with van der Waals surface area (Å²) in [5.41, 5.74) is 3.04. The lowest BCUT2D eigenvalue weighted by molar-refractivity contribution is -0.138. The van der Waals surface area contributed by atoms with Crippen molar-refractivity contribution in [3.05, 3.63) is 54.1 Å². The molecule has 1 aromatic carbocycles. The van der Waals surface area contributed by atoms with Crippen LogP contribution in [0.3, 0.4) is 0 Å². The zero-order valence-corrected chi connectivity index (χ0v) is 20.0. The fourth-order valence-electron chi connectivity index (χ4n) is 4.12. The topological polar surface area (TPSA) is 63.6 Å². The number of amides is 2. The monoisotopic (exact) mass is 455 g/mol. The summed E-state index contributed by atoms with van der Waals surface area (Å²) in [5, 5.41) is 5.05. The second-order valence-corrected chi connectivity index (χ2v) is 8.70. The number of allylic oxidation sites excluding steroid dienone is 2. The van der Waals surface area contributed by atoms with Gasteiger partial charge in [-0.2, -0.15) is 0 Å². The fraction of sp³-hybridized carbons (Fsp3) is 0.440. The fourth-order valence-corrected chi connectivity index (χ4v) is 5.21. The molecule has 2 aromatic rings. The van der Waals surface area contributed by atoms with E-state index in [1.165, 1.54) is 11.8 Å². The summed E-state index contributed by atoms with van der Waals surface area (Å²) in [6.07, 6.45) is 5.20. The lowest BCUT2D eigenvalue weighted by Gasteiger charge is -2.30. The minimum Gasteiger partial charge on any atom is -0.382 e. The molecule has 1 aromatic heterocycles. The number of hydrogen-bond acceptors (Lipinski definition) is 4. The van der Waals surface area contributed by atoms with Gasteiger partial charge in [0, 0.05) is 49.8 Å². The molecule has 2 heterocycles. The molecule has 1 aliphatic heterocycles. The van der Waals surface area contributed by atoms with Crippen LogP contribution in [0, 0.1) is 0 Å². The highest BCUT2D eigenvalue weighted by molar-refractivity contribution is 8.00. The Morgan fingerprint density at radius 3 is 2.88 bits per heavy atom. The van der Waals surface area contributed by atoms with E-state index in [1.54, 1.807) is 4.90 Å². The predicted molar refractivity (Wildman–Crippen MR) is 131 cm³/mol. The standard InChI is InChI=1S/C25H33N3O3S/c1-5-18(6-2)13-15-28-21(29)17-32-25-22(19-11-8-9-12-20(19)27(25)4)23(28)24(30)26-14-10-16-31-7-3/h5-6,8-9,11-12,23H,1,7,10,13-17H2,2-4H3,(H,26,30)/b18-6+. The highest BCUT2D eigenvalue weighted by atomic mass is 32.2. The molecule has 32 heavy (non-hydrogen) atoms. The lowest BCUT2D eigenvalue weighted by Crippen LogP contribution is -2.44. The molecule has 2 amide bonds. The van der Waals surface area contributed by atoms with E-state index in [0.29, 0.717) is 38.5 Å². The molecular weight excluding hydrogens is 422 g/mol. The Bertz CT molecular complexity index is 1010. The van der Waals surface area contributed by atoms with Crippen LogP contribution in [0.15, 0.2) is 53.6 Å². The molecule has 0 bridgehead atoms. The molecule has 1 N–H and O–H groups in total. The molecule has 172 valence electrons. The van der Waals surface area contributed by atoms with Crippen molar-refractivity contribution in [2.75, 3.05) is 32.1 Å². The number of nitrogens with zero attached hydrogens (tertiary/aromatic N) is 2. The number of ether oxygens (including phenoxy) is 1. The number of thioether (sulfide) groups is 1. The van der Waals surface area contributed by atoms with Gasteiger partial charge in [0.25, 0.3) is 0 Å². The SMILES string of the molecule is C=C/C(=C\C)CCN1C(=O)CSc2c(c3ccccc3n2C)C1C(=O)NCCCOCC. The number of hydrogen-bond donors (Lipinski definition) is 1. The van der Waals surface area contributed by atoms with Crippen LogP contribution in [-0.4, -0.2) is 53.3 Å². The van der Waals surface area contributed by atoms with Crippen LogP contribution in [-0.2, 0) is 21.4 Å².